The Hall–Kier alpha value is -1.91. The summed E-state index contributed by atoms with van der Waals surface area (Å²) in [6, 6.07) is 10.3. The average molecular weight is 341 g/mol. The van der Waals surface area contributed by atoms with Crippen LogP contribution in [-0.2, 0) is 6.54 Å². The summed E-state index contributed by atoms with van der Waals surface area (Å²) in [6.45, 7) is 7.16. The molecule has 1 aromatic carbocycles. The summed E-state index contributed by atoms with van der Waals surface area (Å²) >= 11 is 6.14. The van der Waals surface area contributed by atoms with E-state index in [4.69, 9.17) is 11.6 Å². The Balaban J connectivity index is 1.53. The first-order valence-corrected chi connectivity index (χ1v) is 8.76. The Bertz CT molecular complexity index is 886. The van der Waals surface area contributed by atoms with Crippen LogP contribution in [0.2, 0.25) is 5.02 Å². The van der Waals surface area contributed by atoms with Gasteiger partial charge >= 0.3 is 0 Å². The van der Waals surface area contributed by atoms with Crippen LogP contribution in [0.25, 0.3) is 5.65 Å². The van der Waals surface area contributed by atoms with Crippen LogP contribution < -0.4 is 0 Å². The smallest absolute Gasteiger partial charge is 0.159 e. The van der Waals surface area contributed by atoms with Crippen LogP contribution >= 0.6 is 11.6 Å². The Morgan fingerprint density at radius 2 is 2.12 bits per heavy atom. The van der Waals surface area contributed by atoms with E-state index in [1.807, 2.05) is 29.8 Å². The molecule has 0 spiro atoms. The number of aromatic nitrogens is 3. The van der Waals surface area contributed by atoms with Crippen molar-refractivity contribution in [3.63, 3.8) is 0 Å². The summed E-state index contributed by atoms with van der Waals surface area (Å²) in [6.07, 6.45) is 3.13. The monoisotopic (exact) mass is 340 g/mol. The van der Waals surface area contributed by atoms with E-state index in [2.05, 4.69) is 40.1 Å². The maximum absolute atomic E-state index is 6.14. The van der Waals surface area contributed by atoms with Crippen LogP contribution in [0.5, 0.6) is 0 Å². The van der Waals surface area contributed by atoms with Gasteiger partial charge in [0.1, 0.15) is 0 Å². The maximum Gasteiger partial charge on any atom is 0.159 e. The standard InChI is InChI=1S/C19H21ClN4/c1-13-8-14(2)24-19(22-13)17(10-21-24)12-23-7-6-16(11-23)15-4-3-5-18(20)9-15/h3-5,8-10,16H,6-7,11-12H2,1-2H3. The quantitative estimate of drug-likeness (QED) is 0.723. The molecular weight excluding hydrogens is 320 g/mol. The van der Waals surface area contributed by atoms with Gasteiger partial charge in [0.15, 0.2) is 5.65 Å². The fourth-order valence-corrected chi connectivity index (χ4v) is 3.88. The third-order valence-corrected chi connectivity index (χ3v) is 5.07. The topological polar surface area (TPSA) is 33.4 Å². The second-order valence-electron chi connectivity index (χ2n) is 6.72. The molecule has 5 heteroatoms. The molecule has 124 valence electrons. The van der Waals surface area contributed by atoms with Crippen molar-refractivity contribution in [2.75, 3.05) is 13.1 Å². The van der Waals surface area contributed by atoms with E-state index in [0.29, 0.717) is 5.92 Å². The van der Waals surface area contributed by atoms with Crippen molar-refractivity contribution in [2.45, 2.75) is 32.7 Å². The Labute approximate surface area is 147 Å². The number of hydrogen-bond donors (Lipinski definition) is 0. The molecule has 4 rings (SSSR count). The first kappa shape index (κ1) is 15.6. The molecule has 1 aliphatic rings. The molecule has 1 aliphatic heterocycles. The van der Waals surface area contributed by atoms with E-state index in [0.717, 1.165) is 41.7 Å². The van der Waals surface area contributed by atoms with E-state index in [-0.39, 0.29) is 0 Å². The second-order valence-corrected chi connectivity index (χ2v) is 7.16. The highest BCUT2D eigenvalue weighted by atomic mass is 35.5. The largest absolute Gasteiger partial charge is 0.298 e. The number of halogens is 1. The molecule has 1 saturated heterocycles. The number of hydrogen-bond acceptors (Lipinski definition) is 3. The van der Waals surface area contributed by atoms with Gasteiger partial charge in [0.25, 0.3) is 0 Å². The maximum atomic E-state index is 6.14. The number of benzene rings is 1. The van der Waals surface area contributed by atoms with Gasteiger partial charge in [0.05, 0.1) is 6.20 Å². The van der Waals surface area contributed by atoms with Gasteiger partial charge < -0.3 is 0 Å². The predicted octanol–water partition coefficient (Wildman–Crippen LogP) is 3.99. The third kappa shape index (κ3) is 2.92. The number of rotatable bonds is 3. The lowest BCUT2D eigenvalue weighted by Crippen LogP contribution is -2.19. The molecule has 1 fully saturated rings. The van der Waals surface area contributed by atoms with Crippen LogP contribution in [0.3, 0.4) is 0 Å². The van der Waals surface area contributed by atoms with Crippen LogP contribution in [0, 0.1) is 13.8 Å². The molecule has 1 unspecified atom stereocenters. The number of nitrogens with zero attached hydrogens (tertiary/aromatic N) is 4. The van der Waals surface area contributed by atoms with Crippen molar-refractivity contribution in [1.82, 2.24) is 19.5 Å². The van der Waals surface area contributed by atoms with Crippen LogP contribution in [-0.4, -0.2) is 32.6 Å². The fourth-order valence-electron chi connectivity index (χ4n) is 3.68. The minimum atomic E-state index is 0.557. The normalized spacial score (nSPS) is 18.5. The lowest BCUT2D eigenvalue weighted by atomic mass is 9.99. The lowest BCUT2D eigenvalue weighted by molar-refractivity contribution is 0.328. The zero-order valence-electron chi connectivity index (χ0n) is 14.0. The summed E-state index contributed by atoms with van der Waals surface area (Å²) < 4.78 is 1.94. The molecule has 0 radical (unpaired) electrons. The summed E-state index contributed by atoms with van der Waals surface area (Å²) in [5.74, 6) is 0.557. The Morgan fingerprint density at radius 1 is 1.25 bits per heavy atom. The average Bonchev–Trinajstić information content (AvgIpc) is 3.16. The van der Waals surface area contributed by atoms with Gasteiger partial charge in [0, 0.05) is 35.1 Å². The molecule has 0 N–H and O–H groups in total. The summed E-state index contributed by atoms with van der Waals surface area (Å²) in [4.78, 5) is 7.17. The third-order valence-electron chi connectivity index (χ3n) is 4.84. The minimum Gasteiger partial charge on any atom is -0.298 e. The summed E-state index contributed by atoms with van der Waals surface area (Å²) in [5.41, 5.74) is 5.70. The zero-order chi connectivity index (χ0) is 16.7. The first-order valence-electron chi connectivity index (χ1n) is 8.39. The summed E-state index contributed by atoms with van der Waals surface area (Å²) in [5, 5.41) is 5.32. The Kier molecular flexibility index (Phi) is 4.02. The molecule has 3 aromatic rings. The highest BCUT2D eigenvalue weighted by Crippen LogP contribution is 2.30. The van der Waals surface area contributed by atoms with Crippen LogP contribution in [0.1, 0.15) is 34.9 Å². The molecule has 0 aliphatic carbocycles. The van der Waals surface area contributed by atoms with Gasteiger partial charge in [-0.15, -0.1) is 0 Å². The fraction of sp³-hybridized carbons (Fsp3) is 0.368. The highest BCUT2D eigenvalue weighted by Gasteiger charge is 2.25. The molecule has 0 bridgehead atoms. The van der Waals surface area contributed by atoms with E-state index in [9.17, 15) is 0 Å². The van der Waals surface area contributed by atoms with Crippen molar-refractivity contribution in [1.29, 1.82) is 0 Å². The molecule has 24 heavy (non-hydrogen) atoms. The van der Waals surface area contributed by atoms with Gasteiger partial charge in [-0.25, -0.2) is 9.50 Å². The van der Waals surface area contributed by atoms with Gasteiger partial charge in [-0.2, -0.15) is 5.10 Å². The van der Waals surface area contributed by atoms with Gasteiger partial charge in [-0.3, -0.25) is 4.90 Å². The minimum absolute atomic E-state index is 0.557. The summed E-state index contributed by atoms with van der Waals surface area (Å²) in [7, 11) is 0. The molecule has 3 heterocycles. The SMILES string of the molecule is Cc1cc(C)n2ncc(CN3CCC(c4cccc(Cl)c4)C3)c2n1. The highest BCUT2D eigenvalue weighted by molar-refractivity contribution is 6.30. The van der Waals surface area contributed by atoms with E-state index < -0.39 is 0 Å². The van der Waals surface area contributed by atoms with Crippen molar-refractivity contribution in [3.05, 3.63) is 64.1 Å². The second kappa shape index (κ2) is 6.19. The number of aryl methyl sites for hydroxylation is 2. The Morgan fingerprint density at radius 3 is 2.96 bits per heavy atom. The molecule has 1 atom stereocenters. The van der Waals surface area contributed by atoms with Crippen molar-refractivity contribution < 1.29 is 0 Å². The van der Waals surface area contributed by atoms with Crippen molar-refractivity contribution >= 4 is 17.2 Å². The molecule has 4 nitrogen and oxygen atoms in total. The van der Waals surface area contributed by atoms with Crippen LogP contribution in [0.15, 0.2) is 36.5 Å². The van der Waals surface area contributed by atoms with Gasteiger partial charge in [0.2, 0.25) is 0 Å². The number of likely N-dealkylation sites (tertiary alicyclic amines) is 1. The number of fused-ring (bicyclic) bond motifs is 1. The lowest BCUT2D eigenvalue weighted by Gasteiger charge is -2.15. The molecule has 0 amide bonds. The van der Waals surface area contributed by atoms with Gasteiger partial charge in [-0.1, -0.05) is 23.7 Å². The van der Waals surface area contributed by atoms with Crippen LogP contribution in [0.4, 0.5) is 0 Å². The van der Waals surface area contributed by atoms with E-state index >= 15 is 0 Å². The van der Waals surface area contributed by atoms with Crippen molar-refractivity contribution in [3.8, 4) is 0 Å². The van der Waals surface area contributed by atoms with E-state index in [1.165, 1.54) is 17.5 Å². The molecule has 0 saturated carbocycles. The molecular formula is C19H21ClN4. The zero-order valence-corrected chi connectivity index (χ0v) is 14.8. The first-order chi connectivity index (χ1) is 11.6. The van der Waals surface area contributed by atoms with E-state index in [1.54, 1.807) is 0 Å². The molecule has 2 aromatic heterocycles. The van der Waals surface area contributed by atoms with Gasteiger partial charge in [-0.05, 0) is 56.5 Å². The predicted molar refractivity (Wildman–Crippen MR) is 96.5 cm³/mol. The van der Waals surface area contributed by atoms with Crippen molar-refractivity contribution in [2.24, 2.45) is 0 Å².